The molecule has 0 rings (SSSR count). The summed E-state index contributed by atoms with van der Waals surface area (Å²) in [5, 5.41) is 0. The number of nitrogens with zero attached hydrogens (tertiary/aromatic N) is 1. The minimum atomic E-state index is -4.40. The van der Waals surface area contributed by atoms with Crippen LogP contribution >= 0.6 is 7.82 Å². The first-order valence-electron chi connectivity index (χ1n) is 20.2. The third kappa shape index (κ3) is 39.0. The standard InChI is InChI=1S/C43H74NO8P/c1-6-8-10-12-14-16-18-20-22-24-26-28-30-32-34-36-43(46)52-41(40-51-53(47,48)50-38-37-44(3,4)5)39-49-42(45)35-33-31-29-27-25-23-21-19-17-15-13-11-9-7-2/h8,10,14,16,19-22,26,28,32,34,41H,6-7,9,11-13,15,17-18,23-25,27,29-31,33,35-40H2,1-5H3/p+1/b10-8-,16-14-,21-19-,22-20-,28-26-,34-32-. The van der Waals surface area contributed by atoms with Gasteiger partial charge >= 0.3 is 19.8 Å². The van der Waals surface area contributed by atoms with E-state index in [4.69, 9.17) is 18.5 Å². The third-order valence-corrected chi connectivity index (χ3v) is 8.99. The summed E-state index contributed by atoms with van der Waals surface area (Å²) in [5.41, 5.74) is 0. The molecule has 0 aliphatic carbocycles. The number of hydrogen-bond acceptors (Lipinski definition) is 7. The van der Waals surface area contributed by atoms with Gasteiger partial charge in [-0.1, -0.05) is 132 Å². The molecule has 2 unspecified atom stereocenters. The van der Waals surface area contributed by atoms with Gasteiger partial charge in [-0.3, -0.25) is 18.6 Å². The van der Waals surface area contributed by atoms with Gasteiger partial charge in [0.05, 0.1) is 34.2 Å². The number of allylic oxidation sites excluding steroid dienone is 11. The van der Waals surface area contributed by atoms with Crippen molar-refractivity contribution in [2.75, 3.05) is 47.5 Å². The summed E-state index contributed by atoms with van der Waals surface area (Å²) in [6.07, 6.45) is 42.7. The molecule has 0 spiro atoms. The molecule has 0 saturated carbocycles. The van der Waals surface area contributed by atoms with Crippen LogP contribution in [0.4, 0.5) is 0 Å². The van der Waals surface area contributed by atoms with E-state index in [1.54, 1.807) is 6.08 Å². The SMILES string of the molecule is CC/C=C\C/C=C\C/C=C\C/C=C\C/C=C\CC(=O)OC(COC(=O)CCCCCCC/C=C\CCCCCCC)COP(=O)(O)OCC[N+](C)(C)C. The monoisotopic (exact) mass is 765 g/mol. The molecule has 304 valence electrons. The van der Waals surface area contributed by atoms with Crippen molar-refractivity contribution in [2.45, 2.75) is 142 Å². The van der Waals surface area contributed by atoms with Gasteiger partial charge in [-0.05, 0) is 64.2 Å². The van der Waals surface area contributed by atoms with Gasteiger partial charge in [0.1, 0.15) is 19.8 Å². The molecule has 1 N–H and O–H groups in total. The zero-order chi connectivity index (χ0) is 39.3. The van der Waals surface area contributed by atoms with Crippen LogP contribution in [0.1, 0.15) is 136 Å². The quantitative estimate of drug-likeness (QED) is 0.0223. The first-order valence-corrected chi connectivity index (χ1v) is 21.7. The molecule has 0 amide bonds. The van der Waals surface area contributed by atoms with E-state index < -0.39 is 32.5 Å². The van der Waals surface area contributed by atoms with E-state index in [-0.39, 0.29) is 26.1 Å². The van der Waals surface area contributed by atoms with Crippen molar-refractivity contribution < 1.29 is 42.1 Å². The Balaban J connectivity index is 4.58. The summed E-state index contributed by atoms with van der Waals surface area (Å²) in [7, 11) is 1.40. The Morgan fingerprint density at radius 2 is 1.13 bits per heavy atom. The predicted molar refractivity (Wildman–Crippen MR) is 219 cm³/mol. The number of unbranched alkanes of at least 4 members (excludes halogenated alkanes) is 10. The fourth-order valence-corrected chi connectivity index (χ4v) is 5.59. The zero-order valence-corrected chi connectivity index (χ0v) is 34.9. The zero-order valence-electron chi connectivity index (χ0n) is 34.0. The van der Waals surface area contributed by atoms with Crippen molar-refractivity contribution in [2.24, 2.45) is 0 Å². The van der Waals surface area contributed by atoms with Crippen molar-refractivity contribution in [3.8, 4) is 0 Å². The predicted octanol–water partition coefficient (Wildman–Crippen LogP) is 11.1. The number of quaternary nitrogens is 1. The molecule has 9 nitrogen and oxygen atoms in total. The van der Waals surface area contributed by atoms with E-state index in [2.05, 4.69) is 68.5 Å². The number of carbonyl (C=O) groups excluding carboxylic acids is 2. The molecule has 0 bridgehead atoms. The number of likely N-dealkylation sites (N-methyl/N-ethyl adjacent to an activating group) is 1. The van der Waals surface area contributed by atoms with Crippen LogP contribution < -0.4 is 0 Å². The molecular formula is C43H75NO8P+. The first kappa shape index (κ1) is 50.5. The van der Waals surface area contributed by atoms with Gasteiger partial charge in [-0.15, -0.1) is 0 Å². The minimum Gasteiger partial charge on any atom is -0.462 e. The average molecular weight is 765 g/mol. The lowest BCUT2D eigenvalue weighted by Crippen LogP contribution is -2.37. The van der Waals surface area contributed by atoms with Crippen LogP contribution in [0.25, 0.3) is 0 Å². The molecule has 0 radical (unpaired) electrons. The molecule has 10 heteroatoms. The number of carbonyl (C=O) groups is 2. The second kappa shape index (κ2) is 35.2. The summed E-state index contributed by atoms with van der Waals surface area (Å²) >= 11 is 0. The molecule has 0 fully saturated rings. The van der Waals surface area contributed by atoms with Gasteiger partial charge in [0.2, 0.25) is 0 Å². The van der Waals surface area contributed by atoms with Crippen LogP contribution in [0.15, 0.2) is 72.9 Å². The van der Waals surface area contributed by atoms with E-state index >= 15 is 0 Å². The Kier molecular flexibility index (Phi) is 33.5. The highest BCUT2D eigenvalue weighted by molar-refractivity contribution is 7.47. The first-order chi connectivity index (χ1) is 25.5. The summed E-state index contributed by atoms with van der Waals surface area (Å²) in [5.74, 6) is -0.964. The van der Waals surface area contributed by atoms with E-state index in [0.29, 0.717) is 23.9 Å². The van der Waals surface area contributed by atoms with E-state index in [9.17, 15) is 19.0 Å². The van der Waals surface area contributed by atoms with Crippen LogP contribution in [-0.4, -0.2) is 74.9 Å². The number of rotatable bonds is 35. The Hall–Kier alpha value is -2.55. The molecule has 0 saturated heterocycles. The van der Waals surface area contributed by atoms with Gasteiger partial charge in [-0.25, -0.2) is 4.57 Å². The van der Waals surface area contributed by atoms with Crippen molar-refractivity contribution in [1.82, 2.24) is 0 Å². The number of ether oxygens (including phenoxy) is 2. The van der Waals surface area contributed by atoms with Crippen molar-refractivity contribution in [3.05, 3.63) is 72.9 Å². The summed E-state index contributed by atoms with van der Waals surface area (Å²) in [4.78, 5) is 35.2. The summed E-state index contributed by atoms with van der Waals surface area (Å²) in [6, 6.07) is 0. The highest BCUT2D eigenvalue weighted by atomic mass is 31.2. The number of phosphoric ester groups is 1. The molecule has 0 heterocycles. The lowest BCUT2D eigenvalue weighted by atomic mass is 10.1. The van der Waals surface area contributed by atoms with E-state index in [1.807, 2.05) is 33.3 Å². The average Bonchev–Trinajstić information content (AvgIpc) is 3.10. The number of hydrogen-bond donors (Lipinski definition) is 1. The largest absolute Gasteiger partial charge is 0.472 e. The van der Waals surface area contributed by atoms with Crippen LogP contribution in [0, 0.1) is 0 Å². The Morgan fingerprint density at radius 1 is 0.623 bits per heavy atom. The fraction of sp³-hybridized carbons (Fsp3) is 0.674. The van der Waals surface area contributed by atoms with E-state index in [1.165, 1.54) is 38.5 Å². The maximum absolute atomic E-state index is 12.6. The summed E-state index contributed by atoms with van der Waals surface area (Å²) < 4.78 is 34.0. The highest BCUT2D eigenvalue weighted by Gasteiger charge is 2.26. The lowest BCUT2D eigenvalue weighted by molar-refractivity contribution is -0.870. The third-order valence-electron chi connectivity index (χ3n) is 8.00. The van der Waals surface area contributed by atoms with Gasteiger partial charge in [0, 0.05) is 6.42 Å². The van der Waals surface area contributed by atoms with Crippen LogP contribution in [-0.2, 0) is 32.7 Å². The molecule has 2 atom stereocenters. The van der Waals surface area contributed by atoms with Crippen LogP contribution in [0.5, 0.6) is 0 Å². The molecule has 0 aromatic heterocycles. The maximum atomic E-state index is 12.6. The van der Waals surface area contributed by atoms with Gasteiger partial charge in [0.15, 0.2) is 6.10 Å². The van der Waals surface area contributed by atoms with Crippen molar-refractivity contribution in [1.29, 1.82) is 0 Å². The molecule has 0 aliphatic heterocycles. The Labute approximate surface area is 323 Å². The molecule has 53 heavy (non-hydrogen) atoms. The smallest absolute Gasteiger partial charge is 0.462 e. The van der Waals surface area contributed by atoms with Crippen LogP contribution in [0.2, 0.25) is 0 Å². The Morgan fingerprint density at radius 3 is 1.68 bits per heavy atom. The second-order valence-electron chi connectivity index (χ2n) is 14.3. The van der Waals surface area contributed by atoms with Gasteiger partial charge in [-0.2, -0.15) is 0 Å². The van der Waals surface area contributed by atoms with Crippen LogP contribution in [0.3, 0.4) is 0 Å². The molecule has 0 aliphatic rings. The highest BCUT2D eigenvalue weighted by Crippen LogP contribution is 2.43. The number of esters is 2. The minimum absolute atomic E-state index is 0.00356. The van der Waals surface area contributed by atoms with E-state index in [0.717, 1.165) is 57.8 Å². The summed E-state index contributed by atoms with van der Waals surface area (Å²) in [6.45, 7) is 4.14. The molecule has 0 aromatic carbocycles. The van der Waals surface area contributed by atoms with Gasteiger partial charge < -0.3 is 18.9 Å². The maximum Gasteiger partial charge on any atom is 0.472 e. The normalized spacial score (nSPS) is 14.5. The Bertz CT molecular complexity index is 1140. The van der Waals surface area contributed by atoms with Gasteiger partial charge in [0.25, 0.3) is 0 Å². The van der Waals surface area contributed by atoms with Crippen molar-refractivity contribution in [3.63, 3.8) is 0 Å². The topological polar surface area (TPSA) is 108 Å². The van der Waals surface area contributed by atoms with Crippen molar-refractivity contribution >= 4 is 19.8 Å². The fourth-order valence-electron chi connectivity index (χ4n) is 4.85. The number of phosphoric acid groups is 1. The molecule has 0 aromatic rings. The molecular weight excluding hydrogens is 689 g/mol. The lowest BCUT2D eigenvalue weighted by Gasteiger charge is -2.24. The second-order valence-corrected chi connectivity index (χ2v) is 15.8.